The van der Waals surface area contributed by atoms with Crippen molar-refractivity contribution in [2.45, 2.75) is 13.5 Å². The lowest BCUT2D eigenvalue weighted by Crippen LogP contribution is -2.06. The Labute approximate surface area is 123 Å². The molecule has 0 spiro atoms. The SMILES string of the molecule is COCCn1c(-c2cccc(C)c2O)nc2ccccc21. The number of fused-ring (bicyclic) bond motifs is 1. The Hall–Kier alpha value is -2.33. The lowest BCUT2D eigenvalue weighted by atomic mass is 10.1. The number of phenolic OH excluding ortho intramolecular Hbond substituents is 1. The van der Waals surface area contributed by atoms with Gasteiger partial charge in [-0.15, -0.1) is 0 Å². The minimum Gasteiger partial charge on any atom is -0.507 e. The van der Waals surface area contributed by atoms with Crippen LogP contribution in [-0.4, -0.2) is 28.4 Å². The number of methoxy groups -OCH3 is 1. The molecule has 4 heteroatoms. The van der Waals surface area contributed by atoms with Gasteiger partial charge in [0, 0.05) is 13.7 Å². The Bertz CT molecular complexity index is 778. The molecule has 0 saturated carbocycles. The predicted octanol–water partition coefficient (Wildman–Crippen LogP) is 3.36. The van der Waals surface area contributed by atoms with Gasteiger partial charge in [-0.05, 0) is 30.7 Å². The highest BCUT2D eigenvalue weighted by Gasteiger charge is 2.15. The van der Waals surface area contributed by atoms with Gasteiger partial charge in [-0.25, -0.2) is 4.98 Å². The highest BCUT2D eigenvalue weighted by Crippen LogP contribution is 2.33. The first-order valence-corrected chi connectivity index (χ1v) is 6.95. The summed E-state index contributed by atoms with van der Waals surface area (Å²) >= 11 is 0. The molecule has 3 rings (SSSR count). The third-order valence-electron chi connectivity index (χ3n) is 3.65. The molecule has 0 bridgehead atoms. The molecule has 0 unspecified atom stereocenters. The van der Waals surface area contributed by atoms with E-state index in [1.807, 2.05) is 49.4 Å². The summed E-state index contributed by atoms with van der Waals surface area (Å²) in [6, 6.07) is 13.7. The van der Waals surface area contributed by atoms with Crippen molar-refractivity contribution in [3.05, 3.63) is 48.0 Å². The summed E-state index contributed by atoms with van der Waals surface area (Å²) in [6.07, 6.45) is 0. The van der Waals surface area contributed by atoms with E-state index < -0.39 is 0 Å². The summed E-state index contributed by atoms with van der Waals surface area (Å²) in [5.74, 6) is 1.06. The normalized spacial score (nSPS) is 11.1. The maximum absolute atomic E-state index is 10.3. The van der Waals surface area contributed by atoms with E-state index in [2.05, 4.69) is 9.55 Å². The molecule has 4 nitrogen and oxygen atoms in total. The molecule has 108 valence electrons. The zero-order valence-corrected chi connectivity index (χ0v) is 12.2. The van der Waals surface area contributed by atoms with E-state index in [4.69, 9.17) is 4.74 Å². The minimum atomic E-state index is 0.284. The number of benzene rings is 2. The maximum Gasteiger partial charge on any atom is 0.144 e. The van der Waals surface area contributed by atoms with Crippen LogP contribution in [0.25, 0.3) is 22.4 Å². The van der Waals surface area contributed by atoms with Crippen LogP contribution in [-0.2, 0) is 11.3 Å². The predicted molar refractivity (Wildman–Crippen MR) is 83.4 cm³/mol. The van der Waals surface area contributed by atoms with Crippen molar-refractivity contribution >= 4 is 11.0 Å². The van der Waals surface area contributed by atoms with E-state index >= 15 is 0 Å². The highest BCUT2D eigenvalue weighted by atomic mass is 16.5. The van der Waals surface area contributed by atoms with Crippen molar-refractivity contribution in [2.75, 3.05) is 13.7 Å². The fraction of sp³-hybridized carbons (Fsp3) is 0.235. The summed E-state index contributed by atoms with van der Waals surface area (Å²) in [4.78, 5) is 4.69. The molecule has 0 atom stereocenters. The number of nitrogens with zero attached hydrogens (tertiary/aromatic N) is 2. The van der Waals surface area contributed by atoms with Gasteiger partial charge in [0.25, 0.3) is 0 Å². The Balaban J connectivity index is 2.23. The van der Waals surface area contributed by atoms with Crippen LogP contribution in [0.2, 0.25) is 0 Å². The fourth-order valence-corrected chi connectivity index (χ4v) is 2.53. The van der Waals surface area contributed by atoms with Crippen molar-refractivity contribution in [3.8, 4) is 17.1 Å². The van der Waals surface area contributed by atoms with Gasteiger partial charge in [0.15, 0.2) is 0 Å². The van der Waals surface area contributed by atoms with Gasteiger partial charge in [-0.1, -0.05) is 24.3 Å². The van der Waals surface area contributed by atoms with Gasteiger partial charge in [-0.2, -0.15) is 0 Å². The molecule has 0 radical (unpaired) electrons. The number of aromatic hydroxyl groups is 1. The minimum absolute atomic E-state index is 0.284. The molecular formula is C17H18N2O2. The molecule has 2 aromatic carbocycles. The van der Waals surface area contributed by atoms with Gasteiger partial charge in [-0.3, -0.25) is 0 Å². The van der Waals surface area contributed by atoms with Crippen molar-refractivity contribution < 1.29 is 9.84 Å². The third kappa shape index (κ3) is 2.38. The summed E-state index contributed by atoms with van der Waals surface area (Å²) < 4.78 is 7.29. The molecular weight excluding hydrogens is 264 g/mol. The molecule has 0 fully saturated rings. The average molecular weight is 282 g/mol. The van der Waals surface area contributed by atoms with Crippen LogP contribution in [0, 0.1) is 6.92 Å². The molecule has 1 N–H and O–H groups in total. The van der Waals surface area contributed by atoms with Crippen molar-refractivity contribution in [2.24, 2.45) is 0 Å². The second kappa shape index (κ2) is 5.58. The van der Waals surface area contributed by atoms with Crippen LogP contribution >= 0.6 is 0 Å². The van der Waals surface area contributed by atoms with Crippen molar-refractivity contribution in [3.63, 3.8) is 0 Å². The third-order valence-corrected chi connectivity index (χ3v) is 3.65. The Morgan fingerprint density at radius 1 is 1.14 bits per heavy atom. The molecule has 0 amide bonds. The van der Waals surface area contributed by atoms with Gasteiger partial charge >= 0.3 is 0 Å². The van der Waals surface area contributed by atoms with Gasteiger partial charge in [0.1, 0.15) is 11.6 Å². The van der Waals surface area contributed by atoms with E-state index in [0.717, 1.165) is 28.0 Å². The smallest absolute Gasteiger partial charge is 0.144 e. The summed E-state index contributed by atoms with van der Waals surface area (Å²) in [5.41, 5.74) is 3.56. The molecule has 0 aliphatic rings. The quantitative estimate of drug-likeness (QED) is 0.798. The van der Waals surface area contributed by atoms with Crippen LogP contribution in [0.5, 0.6) is 5.75 Å². The molecule has 21 heavy (non-hydrogen) atoms. The van der Waals surface area contributed by atoms with Crippen molar-refractivity contribution in [1.29, 1.82) is 0 Å². The molecule has 1 aromatic heterocycles. The number of aromatic nitrogens is 2. The number of hydrogen-bond donors (Lipinski definition) is 1. The Morgan fingerprint density at radius 2 is 1.95 bits per heavy atom. The first kappa shape index (κ1) is 13.6. The fourth-order valence-electron chi connectivity index (χ4n) is 2.53. The van der Waals surface area contributed by atoms with Crippen LogP contribution in [0.15, 0.2) is 42.5 Å². The lowest BCUT2D eigenvalue weighted by Gasteiger charge is -2.11. The number of imidazole rings is 1. The average Bonchev–Trinajstić information content (AvgIpc) is 2.86. The molecule has 0 aliphatic heterocycles. The molecule has 1 heterocycles. The number of phenols is 1. The topological polar surface area (TPSA) is 47.3 Å². The molecule has 0 saturated heterocycles. The van der Waals surface area contributed by atoms with E-state index in [1.54, 1.807) is 7.11 Å². The van der Waals surface area contributed by atoms with Gasteiger partial charge in [0.05, 0.1) is 23.2 Å². The maximum atomic E-state index is 10.3. The Morgan fingerprint density at radius 3 is 2.76 bits per heavy atom. The molecule has 0 aliphatic carbocycles. The van der Waals surface area contributed by atoms with E-state index in [-0.39, 0.29) is 5.75 Å². The first-order chi connectivity index (χ1) is 10.2. The van der Waals surface area contributed by atoms with E-state index in [1.165, 1.54) is 0 Å². The Kier molecular flexibility index (Phi) is 3.62. The zero-order chi connectivity index (χ0) is 14.8. The number of hydrogen-bond acceptors (Lipinski definition) is 3. The summed E-state index contributed by atoms with van der Waals surface area (Å²) in [6.45, 7) is 3.18. The number of para-hydroxylation sites is 3. The summed E-state index contributed by atoms with van der Waals surface area (Å²) in [7, 11) is 1.68. The van der Waals surface area contributed by atoms with Crippen LogP contribution < -0.4 is 0 Å². The highest BCUT2D eigenvalue weighted by molar-refractivity contribution is 5.82. The monoisotopic (exact) mass is 282 g/mol. The van der Waals surface area contributed by atoms with Crippen LogP contribution in [0.3, 0.4) is 0 Å². The van der Waals surface area contributed by atoms with Gasteiger partial charge < -0.3 is 14.4 Å². The first-order valence-electron chi connectivity index (χ1n) is 6.95. The van der Waals surface area contributed by atoms with E-state index in [9.17, 15) is 5.11 Å². The lowest BCUT2D eigenvalue weighted by molar-refractivity contribution is 0.188. The van der Waals surface area contributed by atoms with E-state index in [0.29, 0.717) is 13.2 Å². The second-order valence-electron chi connectivity index (χ2n) is 5.04. The second-order valence-corrected chi connectivity index (χ2v) is 5.04. The van der Waals surface area contributed by atoms with Crippen LogP contribution in [0.4, 0.5) is 0 Å². The van der Waals surface area contributed by atoms with Crippen LogP contribution in [0.1, 0.15) is 5.56 Å². The summed E-state index contributed by atoms with van der Waals surface area (Å²) in [5, 5.41) is 10.3. The standard InChI is InChI=1S/C17H18N2O2/c1-12-6-5-7-13(16(12)20)17-18-14-8-3-4-9-15(14)19(17)10-11-21-2/h3-9,20H,10-11H2,1-2H3. The number of aryl methyl sites for hydroxylation is 1. The largest absolute Gasteiger partial charge is 0.507 e. The number of rotatable bonds is 4. The van der Waals surface area contributed by atoms with Gasteiger partial charge in [0.2, 0.25) is 0 Å². The van der Waals surface area contributed by atoms with Crippen molar-refractivity contribution in [1.82, 2.24) is 9.55 Å². The number of ether oxygens (including phenoxy) is 1. The zero-order valence-electron chi connectivity index (χ0n) is 12.2. The molecule has 3 aromatic rings.